The quantitative estimate of drug-likeness (QED) is 0.924. The van der Waals surface area contributed by atoms with Crippen LogP contribution in [0.3, 0.4) is 0 Å². The Kier molecular flexibility index (Phi) is 4.29. The van der Waals surface area contributed by atoms with Gasteiger partial charge in [-0.2, -0.15) is 0 Å². The minimum Gasteiger partial charge on any atom is -0.490 e. The summed E-state index contributed by atoms with van der Waals surface area (Å²) in [6.45, 7) is 1.24. The third-order valence-electron chi connectivity index (χ3n) is 4.49. The van der Waals surface area contributed by atoms with E-state index in [0.717, 1.165) is 25.7 Å². The van der Waals surface area contributed by atoms with Crippen LogP contribution in [0.4, 0.5) is 0 Å². The van der Waals surface area contributed by atoms with Gasteiger partial charge in [-0.15, -0.1) is 0 Å². The van der Waals surface area contributed by atoms with Crippen molar-refractivity contribution in [2.45, 2.75) is 43.8 Å². The summed E-state index contributed by atoms with van der Waals surface area (Å²) in [4.78, 5) is 0. The van der Waals surface area contributed by atoms with Crippen molar-refractivity contribution in [2.75, 3.05) is 20.3 Å². The van der Waals surface area contributed by atoms with Crippen LogP contribution in [0, 0.1) is 0 Å². The Bertz CT molecular complexity index is 508. The van der Waals surface area contributed by atoms with Crippen molar-refractivity contribution in [3.8, 4) is 11.5 Å². The van der Waals surface area contributed by atoms with Crippen LogP contribution in [-0.2, 0) is 4.74 Å². The van der Waals surface area contributed by atoms with E-state index in [-0.39, 0.29) is 5.60 Å². The monoisotopic (exact) mass is 312 g/mol. The van der Waals surface area contributed by atoms with E-state index in [9.17, 15) is 5.11 Å². The fourth-order valence-corrected chi connectivity index (χ4v) is 3.26. The zero-order valence-corrected chi connectivity index (χ0v) is 13.0. The fourth-order valence-electron chi connectivity index (χ4n) is 2.98. The maximum atomic E-state index is 10.5. The lowest BCUT2D eigenvalue weighted by molar-refractivity contribution is -0.0999. The van der Waals surface area contributed by atoms with E-state index in [2.05, 4.69) is 0 Å². The highest BCUT2D eigenvalue weighted by Gasteiger charge is 2.39. The molecule has 0 bridgehead atoms. The topological polar surface area (TPSA) is 47.9 Å². The number of aliphatic hydroxyl groups excluding tert-OH is 1. The average Bonchev–Trinajstić information content (AvgIpc) is 2.66. The predicted molar refractivity (Wildman–Crippen MR) is 80.2 cm³/mol. The molecule has 1 fully saturated rings. The molecule has 5 heteroatoms. The number of halogens is 1. The second-order valence-corrected chi connectivity index (χ2v) is 6.24. The number of hydrogen-bond acceptors (Lipinski definition) is 4. The first-order valence-electron chi connectivity index (χ1n) is 7.46. The van der Waals surface area contributed by atoms with E-state index in [1.165, 1.54) is 0 Å². The molecule has 1 aromatic rings. The van der Waals surface area contributed by atoms with Crippen LogP contribution in [0.1, 0.15) is 43.8 Å². The Morgan fingerprint density at radius 3 is 2.48 bits per heavy atom. The lowest BCUT2D eigenvalue weighted by Gasteiger charge is -2.42. The maximum Gasteiger partial charge on any atom is 0.162 e. The van der Waals surface area contributed by atoms with Gasteiger partial charge in [0.2, 0.25) is 0 Å². The number of fused-ring (bicyclic) bond motifs is 1. The first kappa shape index (κ1) is 14.9. The number of methoxy groups -OCH3 is 1. The summed E-state index contributed by atoms with van der Waals surface area (Å²) in [6, 6.07) is 3.54. The lowest BCUT2D eigenvalue weighted by Crippen LogP contribution is -2.40. The summed E-state index contributed by atoms with van der Waals surface area (Å²) in [5, 5.41) is 11.1. The van der Waals surface area contributed by atoms with Crippen LogP contribution < -0.4 is 9.47 Å². The van der Waals surface area contributed by atoms with Gasteiger partial charge in [-0.25, -0.2) is 0 Å². The smallest absolute Gasteiger partial charge is 0.162 e. The number of rotatable bonds is 4. The molecule has 1 unspecified atom stereocenters. The molecule has 116 valence electrons. The van der Waals surface area contributed by atoms with E-state index in [1.54, 1.807) is 19.2 Å². The zero-order chi connectivity index (χ0) is 14.9. The van der Waals surface area contributed by atoms with Crippen molar-refractivity contribution in [1.82, 2.24) is 0 Å². The first-order valence-corrected chi connectivity index (χ1v) is 7.84. The normalized spacial score (nSPS) is 21.3. The lowest BCUT2D eigenvalue weighted by atomic mass is 9.75. The molecule has 1 aliphatic carbocycles. The van der Waals surface area contributed by atoms with Gasteiger partial charge in [0.1, 0.15) is 0 Å². The number of benzene rings is 1. The average molecular weight is 313 g/mol. The van der Waals surface area contributed by atoms with E-state index in [1.807, 2.05) is 0 Å². The molecule has 0 saturated heterocycles. The van der Waals surface area contributed by atoms with Gasteiger partial charge in [-0.3, -0.25) is 0 Å². The van der Waals surface area contributed by atoms with Gasteiger partial charge in [0, 0.05) is 31.6 Å². The molecule has 0 spiro atoms. The highest BCUT2D eigenvalue weighted by Crippen LogP contribution is 2.44. The largest absolute Gasteiger partial charge is 0.490 e. The van der Waals surface area contributed by atoms with Gasteiger partial charge < -0.3 is 19.3 Å². The number of ether oxygens (including phenoxy) is 3. The van der Waals surface area contributed by atoms with Crippen LogP contribution in [0.25, 0.3) is 0 Å². The highest BCUT2D eigenvalue weighted by atomic mass is 35.5. The molecule has 1 aromatic carbocycles. The summed E-state index contributed by atoms with van der Waals surface area (Å²) >= 11 is 6.31. The summed E-state index contributed by atoms with van der Waals surface area (Å²) in [5.74, 6) is 1.31. The molecular weight excluding hydrogens is 292 g/mol. The molecule has 3 rings (SSSR count). The summed E-state index contributed by atoms with van der Waals surface area (Å²) in [5.41, 5.74) is 0.483. The van der Waals surface area contributed by atoms with Crippen molar-refractivity contribution in [1.29, 1.82) is 0 Å². The van der Waals surface area contributed by atoms with Crippen LogP contribution >= 0.6 is 11.6 Å². The molecule has 1 N–H and O–H groups in total. The predicted octanol–water partition coefficient (Wildman–Crippen LogP) is 3.49. The Hall–Kier alpha value is -0.970. The van der Waals surface area contributed by atoms with Crippen LogP contribution in [-0.4, -0.2) is 31.0 Å². The summed E-state index contributed by atoms with van der Waals surface area (Å²) < 4.78 is 16.8. The zero-order valence-electron chi connectivity index (χ0n) is 12.2. The third-order valence-corrected chi connectivity index (χ3v) is 4.82. The van der Waals surface area contributed by atoms with Crippen LogP contribution in [0.5, 0.6) is 11.5 Å². The molecule has 0 radical (unpaired) electrons. The Balaban J connectivity index is 1.82. The summed E-state index contributed by atoms with van der Waals surface area (Å²) in [7, 11) is 1.71. The molecule has 0 aromatic heterocycles. The van der Waals surface area contributed by atoms with E-state index in [0.29, 0.717) is 41.7 Å². The van der Waals surface area contributed by atoms with Gasteiger partial charge >= 0.3 is 0 Å². The molecule has 1 aliphatic heterocycles. The van der Waals surface area contributed by atoms with Crippen molar-refractivity contribution in [3.63, 3.8) is 0 Å². The maximum absolute atomic E-state index is 10.5. The molecule has 1 atom stereocenters. The second kappa shape index (κ2) is 6.03. The van der Waals surface area contributed by atoms with E-state index >= 15 is 0 Å². The van der Waals surface area contributed by atoms with Gasteiger partial charge in [-0.1, -0.05) is 11.6 Å². The van der Waals surface area contributed by atoms with Crippen molar-refractivity contribution in [3.05, 3.63) is 22.7 Å². The molecular formula is C16H21ClO4. The van der Waals surface area contributed by atoms with Crippen LogP contribution in [0.2, 0.25) is 5.02 Å². The summed E-state index contributed by atoms with van der Waals surface area (Å²) in [6.07, 6.45) is 3.87. The van der Waals surface area contributed by atoms with Crippen molar-refractivity contribution in [2.24, 2.45) is 0 Å². The molecule has 0 amide bonds. The van der Waals surface area contributed by atoms with Crippen molar-refractivity contribution >= 4 is 11.6 Å². The fraction of sp³-hybridized carbons (Fsp3) is 0.625. The molecule has 21 heavy (non-hydrogen) atoms. The standard InChI is InChI=1S/C16H21ClO4/c1-19-16(4-2-5-16)10-13(18)11-8-14-15(9-12(11)17)21-7-3-6-20-14/h8-9,13,18H,2-7,10H2,1H3. The molecule has 1 heterocycles. The third kappa shape index (κ3) is 2.98. The second-order valence-electron chi connectivity index (χ2n) is 5.83. The van der Waals surface area contributed by atoms with Gasteiger partial charge in [0.05, 0.1) is 29.9 Å². The van der Waals surface area contributed by atoms with Gasteiger partial charge in [0.25, 0.3) is 0 Å². The van der Waals surface area contributed by atoms with E-state index in [4.69, 9.17) is 25.8 Å². The van der Waals surface area contributed by atoms with Gasteiger partial charge in [-0.05, 0) is 25.3 Å². The molecule has 1 saturated carbocycles. The minimum absolute atomic E-state index is 0.201. The van der Waals surface area contributed by atoms with Crippen molar-refractivity contribution < 1.29 is 19.3 Å². The Morgan fingerprint density at radius 2 is 1.90 bits per heavy atom. The Labute approximate surface area is 130 Å². The van der Waals surface area contributed by atoms with Gasteiger partial charge in [0.15, 0.2) is 11.5 Å². The SMILES string of the molecule is COC1(CC(O)c2cc3c(cc2Cl)OCCCO3)CCC1. The first-order chi connectivity index (χ1) is 10.1. The van der Waals surface area contributed by atoms with E-state index < -0.39 is 6.10 Å². The molecule has 4 nitrogen and oxygen atoms in total. The number of hydrogen-bond donors (Lipinski definition) is 1. The number of aliphatic hydroxyl groups is 1. The minimum atomic E-state index is -0.657. The molecule has 2 aliphatic rings. The Morgan fingerprint density at radius 1 is 1.24 bits per heavy atom. The van der Waals surface area contributed by atoms with Crippen LogP contribution in [0.15, 0.2) is 12.1 Å². The highest BCUT2D eigenvalue weighted by molar-refractivity contribution is 6.31.